The molecule has 3 nitrogen and oxygen atoms in total. The van der Waals surface area contributed by atoms with Crippen LogP contribution in [0.3, 0.4) is 0 Å². The van der Waals surface area contributed by atoms with E-state index in [4.69, 9.17) is 4.74 Å². The highest BCUT2D eigenvalue weighted by Crippen LogP contribution is 2.35. The number of ether oxygens (including phenoxy) is 1. The number of hydrogen-bond donors (Lipinski definition) is 1. The quantitative estimate of drug-likeness (QED) is 0.863. The second-order valence-electron chi connectivity index (χ2n) is 5.16. The molecular formula is C15H15F3N2OS. The smallest absolute Gasteiger partial charge is 0.427 e. The lowest BCUT2D eigenvalue weighted by Crippen LogP contribution is -2.25. The summed E-state index contributed by atoms with van der Waals surface area (Å²) >= 11 is 0.606. The molecule has 3 rings (SSSR count). The molecule has 2 aromatic rings. The van der Waals surface area contributed by atoms with Crippen molar-refractivity contribution in [1.29, 1.82) is 0 Å². The number of alkyl halides is 3. The number of halogens is 3. The van der Waals surface area contributed by atoms with Crippen molar-refractivity contribution in [3.8, 4) is 5.75 Å². The van der Waals surface area contributed by atoms with Gasteiger partial charge in [0.2, 0.25) is 0 Å². The molecule has 1 aliphatic carbocycles. The molecule has 0 atom stereocenters. The molecule has 0 amide bonds. The van der Waals surface area contributed by atoms with Gasteiger partial charge in [0.1, 0.15) is 10.6 Å². The standard InChI is InChI=1S/C15H15F3N2OS/c16-15(17,18)13-9-20-14(22-13)19-8-10-4-1-2-7-12(10)21-11-5-3-6-11/h1-2,4,7,9,11H,3,5-6,8H2,(H,19,20). The Bertz CT molecular complexity index is 638. The maximum Gasteiger partial charge on any atom is 0.427 e. The van der Waals surface area contributed by atoms with Crippen LogP contribution < -0.4 is 10.1 Å². The molecule has 1 N–H and O–H groups in total. The van der Waals surface area contributed by atoms with Crippen LogP contribution in [-0.2, 0) is 12.7 Å². The highest BCUT2D eigenvalue weighted by Gasteiger charge is 2.33. The summed E-state index contributed by atoms with van der Waals surface area (Å²) in [5.41, 5.74) is 0.915. The molecule has 1 aromatic carbocycles. The monoisotopic (exact) mass is 328 g/mol. The van der Waals surface area contributed by atoms with Gasteiger partial charge in [0.05, 0.1) is 12.3 Å². The number of nitrogens with one attached hydrogen (secondary N) is 1. The van der Waals surface area contributed by atoms with Crippen LogP contribution in [0.5, 0.6) is 5.75 Å². The Hall–Kier alpha value is -1.76. The summed E-state index contributed by atoms with van der Waals surface area (Å²) < 4.78 is 43.5. The van der Waals surface area contributed by atoms with E-state index in [9.17, 15) is 13.2 Å². The van der Waals surface area contributed by atoms with Gasteiger partial charge in [0.15, 0.2) is 5.13 Å². The molecule has 22 heavy (non-hydrogen) atoms. The van der Waals surface area contributed by atoms with Crippen LogP contribution in [0.15, 0.2) is 30.5 Å². The summed E-state index contributed by atoms with van der Waals surface area (Å²) in [6.45, 7) is 0.383. The summed E-state index contributed by atoms with van der Waals surface area (Å²) in [6.07, 6.45) is 0.0708. The van der Waals surface area contributed by atoms with E-state index in [1.807, 2.05) is 24.3 Å². The molecule has 1 aliphatic rings. The minimum Gasteiger partial charge on any atom is -0.490 e. The zero-order valence-corrected chi connectivity index (χ0v) is 12.5. The van der Waals surface area contributed by atoms with Crippen molar-refractivity contribution in [3.63, 3.8) is 0 Å². The summed E-state index contributed by atoms with van der Waals surface area (Å²) in [5, 5.41) is 3.19. The molecule has 0 saturated heterocycles. The maximum absolute atomic E-state index is 12.5. The lowest BCUT2D eigenvalue weighted by molar-refractivity contribution is -0.134. The number of anilines is 1. The SMILES string of the molecule is FC(F)(F)c1cnc(NCc2ccccc2OC2CCC2)s1. The van der Waals surface area contributed by atoms with E-state index >= 15 is 0 Å². The lowest BCUT2D eigenvalue weighted by Gasteiger charge is -2.27. The second-order valence-corrected chi connectivity index (χ2v) is 6.19. The van der Waals surface area contributed by atoms with E-state index in [1.54, 1.807) is 0 Å². The van der Waals surface area contributed by atoms with Crippen LogP contribution in [0.2, 0.25) is 0 Å². The molecule has 0 spiro atoms. The molecule has 0 aliphatic heterocycles. The Balaban J connectivity index is 1.64. The number of thiazole rings is 1. The Kier molecular flexibility index (Phi) is 4.24. The van der Waals surface area contributed by atoms with E-state index in [0.29, 0.717) is 17.9 Å². The minimum atomic E-state index is -4.34. The van der Waals surface area contributed by atoms with Crippen molar-refractivity contribution in [2.45, 2.75) is 38.1 Å². The lowest BCUT2D eigenvalue weighted by atomic mass is 9.96. The van der Waals surface area contributed by atoms with Crippen molar-refractivity contribution >= 4 is 16.5 Å². The maximum atomic E-state index is 12.5. The van der Waals surface area contributed by atoms with E-state index < -0.39 is 11.1 Å². The van der Waals surface area contributed by atoms with Gasteiger partial charge < -0.3 is 10.1 Å². The number of hydrogen-bond acceptors (Lipinski definition) is 4. The fourth-order valence-corrected chi connectivity index (χ4v) is 2.77. The fraction of sp³-hybridized carbons (Fsp3) is 0.400. The van der Waals surface area contributed by atoms with Crippen molar-refractivity contribution in [2.75, 3.05) is 5.32 Å². The van der Waals surface area contributed by atoms with Gasteiger partial charge in [-0.2, -0.15) is 13.2 Å². The Morgan fingerprint density at radius 2 is 2.05 bits per heavy atom. The van der Waals surface area contributed by atoms with Gasteiger partial charge in [0.25, 0.3) is 0 Å². The number of para-hydroxylation sites is 1. The number of nitrogens with zero attached hydrogens (tertiary/aromatic N) is 1. The average Bonchev–Trinajstić information content (AvgIpc) is 2.90. The normalized spacial score (nSPS) is 15.4. The molecule has 118 valence electrons. The minimum absolute atomic E-state index is 0.255. The van der Waals surface area contributed by atoms with Gasteiger partial charge in [-0.15, -0.1) is 0 Å². The average molecular weight is 328 g/mol. The fourth-order valence-electron chi connectivity index (χ4n) is 2.09. The highest BCUT2D eigenvalue weighted by atomic mass is 32.1. The first-order valence-electron chi connectivity index (χ1n) is 7.04. The third kappa shape index (κ3) is 3.52. The second kappa shape index (κ2) is 6.16. The topological polar surface area (TPSA) is 34.2 Å². The van der Waals surface area contributed by atoms with Crippen molar-refractivity contribution < 1.29 is 17.9 Å². The molecule has 0 radical (unpaired) electrons. The van der Waals surface area contributed by atoms with E-state index in [-0.39, 0.29) is 11.2 Å². The molecule has 0 bridgehead atoms. The van der Waals surface area contributed by atoms with Crippen LogP contribution in [0.4, 0.5) is 18.3 Å². The van der Waals surface area contributed by atoms with Crippen LogP contribution in [0, 0.1) is 0 Å². The van der Waals surface area contributed by atoms with Gasteiger partial charge in [-0.1, -0.05) is 29.5 Å². The number of aromatic nitrogens is 1. The molecule has 1 saturated carbocycles. The van der Waals surface area contributed by atoms with Crippen LogP contribution in [0.1, 0.15) is 29.7 Å². The molecule has 0 unspecified atom stereocenters. The van der Waals surface area contributed by atoms with Gasteiger partial charge in [0, 0.05) is 12.1 Å². The van der Waals surface area contributed by atoms with Crippen molar-refractivity contribution in [2.24, 2.45) is 0 Å². The molecule has 1 heterocycles. The summed E-state index contributed by atoms with van der Waals surface area (Å²) in [6, 6.07) is 7.56. The third-order valence-electron chi connectivity index (χ3n) is 3.53. The van der Waals surface area contributed by atoms with E-state index in [0.717, 1.165) is 30.4 Å². The van der Waals surface area contributed by atoms with Crippen LogP contribution in [0.25, 0.3) is 0 Å². The van der Waals surface area contributed by atoms with E-state index in [2.05, 4.69) is 10.3 Å². The first-order chi connectivity index (χ1) is 10.5. The summed E-state index contributed by atoms with van der Waals surface area (Å²) in [4.78, 5) is 3.06. The predicted octanol–water partition coefficient (Wildman–Crippen LogP) is 4.71. The van der Waals surface area contributed by atoms with Crippen molar-refractivity contribution in [1.82, 2.24) is 4.98 Å². The van der Waals surface area contributed by atoms with Gasteiger partial charge >= 0.3 is 6.18 Å². The first-order valence-corrected chi connectivity index (χ1v) is 7.85. The Morgan fingerprint density at radius 1 is 1.27 bits per heavy atom. The molecule has 7 heteroatoms. The van der Waals surface area contributed by atoms with Gasteiger partial charge in [-0.05, 0) is 25.3 Å². The van der Waals surface area contributed by atoms with Gasteiger partial charge in [-0.25, -0.2) is 4.98 Å². The zero-order chi connectivity index (χ0) is 15.6. The van der Waals surface area contributed by atoms with E-state index in [1.165, 1.54) is 6.42 Å². The predicted molar refractivity (Wildman–Crippen MR) is 79.2 cm³/mol. The zero-order valence-electron chi connectivity index (χ0n) is 11.7. The summed E-state index contributed by atoms with van der Waals surface area (Å²) in [7, 11) is 0. The van der Waals surface area contributed by atoms with Crippen LogP contribution >= 0.6 is 11.3 Å². The first kappa shape index (κ1) is 15.1. The Labute approximate surface area is 130 Å². The largest absolute Gasteiger partial charge is 0.490 e. The summed E-state index contributed by atoms with van der Waals surface area (Å²) in [5.74, 6) is 0.785. The van der Waals surface area contributed by atoms with Crippen LogP contribution in [-0.4, -0.2) is 11.1 Å². The Morgan fingerprint density at radius 3 is 2.68 bits per heavy atom. The number of benzene rings is 1. The highest BCUT2D eigenvalue weighted by molar-refractivity contribution is 7.15. The molecule has 1 aromatic heterocycles. The molecule has 1 fully saturated rings. The third-order valence-corrected chi connectivity index (χ3v) is 4.53. The molecular weight excluding hydrogens is 313 g/mol. The number of rotatable bonds is 5. The van der Waals surface area contributed by atoms with Crippen molar-refractivity contribution in [3.05, 3.63) is 40.9 Å². The van der Waals surface area contributed by atoms with Gasteiger partial charge in [-0.3, -0.25) is 0 Å².